The van der Waals surface area contributed by atoms with Crippen LogP contribution in [-0.4, -0.2) is 25.7 Å². The monoisotopic (exact) mass is 225 g/mol. The minimum atomic E-state index is -0.855. The second kappa shape index (κ2) is 3.86. The predicted molar refractivity (Wildman–Crippen MR) is 54.0 cm³/mol. The lowest BCUT2D eigenvalue weighted by atomic mass is 10.3. The van der Waals surface area contributed by atoms with E-state index in [0.29, 0.717) is 22.9 Å². The number of carboxylic acids is 1. The number of hydrogen-bond acceptors (Lipinski definition) is 3. The fourth-order valence-corrected chi connectivity index (χ4v) is 1.38. The second-order valence-corrected chi connectivity index (χ2v) is 3.51. The first-order valence-corrected chi connectivity index (χ1v) is 4.75. The van der Waals surface area contributed by atoms with Crippen molar-refractivity contribution in [3.8, 4) is 0 Å². The summed E-state index contributed by atoms with van der Waals surface area (Å²) < 4.78 is 1.54. The van der Waals surface area contributed by atoms with Crippen LogP contribution in [0.25, 0.3) is 5.65 Å². The van der Waals surface area contributed by atoms with E-state index in [9.17, 15) is 4.79 Å². The van der Waals surface area contributed by atoms with Gasteiger partial charge in [0.25, 0.3) is 0 Å². The van der Waals surface area contributed by atoms with Gasteiger partial charge in [-0.1, -0.05) is 11.6 Å². The molecule has 2 rings (SSSR count). The fourth-order valence-electron chi connectivity index (χ4n) is 1.23. The number of rotatable bonds is 3. The Balaban J connectivity index is 2.27. The highest BCUT2D eigenvalue weighted by Gasteiger charge is 2.05. The van der Waals surface area contributed by atoms with Crippen molar-refractivity contribution in [1.29, 1.82) is 0 Å². The van der Waals surface area contributed by atoms with Crippen molar-refractivity contribution in [2.45, 2.75) is 12.8 Å². The minimum absolute atomic E-state index is 0.0324. The van der Waals surface area contributed by atoms with Crippen molar-refractivity contribution < 1.29 is 9.90 Å². The Kier molecular flexibility index (Phi) is 2.55. The number of hydrogen-bond donors (Lipinski definition) is 1. The standard InChI is InChI=1S/C9H8ClN3O2/c10-6-1-3-8-11-7(2-4-9(14)15)12-13(8)5-6/h1,3,5H,2,4H2,(H,14,15). The molecule has 0 amide bonds. The van der Waals surface area contributed by atoms with Crippen LogP contribution in [0.15, 0.2) is 18.3 Å². The SMILES string of the molecule is O=C(O)CCc1nc2ccc(Cl)cn2n1. The molecule has 78 valence electrons. The fraction of sp³-hybridized carbons (Fsp3) is 0.222. The molecule has 2 heterocycles. The zero-order valence-corrected chi connectivity index (χ0v) is 8.48. The summed E-state index contributed by atoms with van der Waals surface area (Å²) >= 11 is 5.77. The molecule has 5 nitrogen and oxygen atoms in total. The zero-order chi connectivity index (χ0) is 10.8. The van der Waals surface area contributed by atoms with Crippen molar-refractivity contribution >= 4 is 23.2 Å². The van der Waals surface area contributed by atoms with Crippen LogP contribution in [0.3, 0.4) is 0 Å². The van der Waals surface area contributed by atoms with Gasteiger partial charge in [-0.15, -0.1) is 0 Å². The molecule has 0 saturated carbocycles. The smallest absolute Gasteiger partial charge is 0.303 e. The molecule has 0 aliphatic carbocycles. The predicted octanol–water partition coefficient (Wildman–Crippen LogP) is 1.40. The van der Waals surface area contributed by atoms with E-state index >= 15 is 0 Å². The molecule has 2 aromatic rings. The van der Waals surface area contributed by atoms with Crippen LogP contribution >= 0.6 is 11.6 Å². The maximum Gasteiger partial charge on any atom is 0.303 e. The molecule has 0 spiro atoms. The molecule has 0 aliphatic heterocycles. The Morgan fingerprint density at radius 1 is 1.53 bits per heavy atom. The molecule has 0 bridgehead atoms. The third-order valence-electron chi connectivity index (χ3n) is 1.90. The summed E-state index contributed by atoms with van der Waals surface area (Å²) in [5.74, 6) is -0.341. The summed E-state index contributed by atoms with van der Waals surface area (Å²) in [5, 5.41) is 13.2. The van der Waals surface area contributed by atoms with Gasteiger partial charge in [0.05, 0.1) is 11.4 Å². The van der Waals surface area contributed by atoms with Gasteiger partial charge in [0.15, 0.2) is 11.5 Å². The summed E-state index contributed by atoms with van der Waals surface area (Å²) in [7, 11) is 0. The van der Waals surface area contributed by atoms with Crippen molar-refractivity contribution in [3.63, 3.8) is 0 Å². The molecule has 0 radical (unpaired) electrons. The van der Waals surface area contributed by atoms with Crippen LogP contribution in [0.4, 0.5) is 0 Å². The van der Waals surface area contributed by atoms with E-state index in [-0.39, 0.29) is 6.42 Å². The van der Waals surface area contributed by atoms with Crippen LogP contribution in [0.5, 0.6) is 0 Å². The van der Waals surface area contributed by atoms with E-state index in [0.717, 1.165) is 0 Å². The van der Waals surface area contributed by atoms with Gasteiger partial charge in [-0.25, -0.2) is 9.50 Å². The Morgan fingerprint density at radius 3 is 3.07 bits per heavy atom. The van der Waals surface area contributed by atoms with Gasteiger partial charge in [0.2, 0.25) is 0 Å². The van der Waals surface area contributed by atoms with Crippen LogP contribution in [0.1, 0.15) is 12.2 Å². The Hall–Kier alpha value is -1.62. The van der Waals surface area contributed by atoms with E-state index in [1.54, 1.807) is 22.8 Å². The number of nitrogens with zero attached hydrogens (tertiary/aromatic N) is 3. The average molecular weight is 226 g/mol. The number of aryl methyl sites for hydroxylation is 1. The number of halogens is 1. The van der Waals surface area contributed by atoms with Gasteiger partial charge in [-0.05, 0) is 12.1 Å². The summed E-state index contributed by atoms with van der Waals surface area (Å²) in [4.78, 5) is 14.5. The van der Waals surface area contributed by atoms with E-state index in [1.165, 1.54) is 0 Å². The quantitative estimate of drug-likeness (QED) is 0.858. The van der Waals surface area contributed by atoms with Crippen molar-refractivity contribution in [1.82, 2.24) is 14.6 Å². The van der Waals surface area contributed by atoms with Gasteiger partial charge >= 0.3 is 5.97 Å². The first kappa shape index (κ1) is 9.92. The van der Waals surface area contributed by atoms with Gasteiger partial charge in [-0.3, -0.25) is 4.79 Å². The van der Waals surface area contributed by atoms with Gasteiger partial charge in [0.1, 0.15) is 0 Å². The van der Waals surface area contributed by atoms with Crippen LogP contribution in [-0.2, 0) is 11.2 Å². The maximum absolute atomic E-state index is 10.4. The molecule has 0 unspecified atom stereocenters. The van der Waals surface area contributed by atoms with Gasteiger partial charge in [-0.2, -0.15) is 5.10 Å². The maximum atomic E-state index is 10.4. The molecular formula is C9H8ClN3O2. The first-order valence-electron chi connectivity index (χ1n) is 4.38. The highest BCUT2D eigenvalue weighted by atomic mass is 35.5. The van der Waals surface area contributed by atoms with Crippen LogP contribution in [0, 0.1) is 0 Å². The first-order chi connectivity index (χ1) is 7.15. The average Bonchev–Trinajstić information content (AvgIpc) is 2.56. The van der Waals surface area contributed by atoms with Gasteiger partial charge < -0.3 is 5.11 Å². The van der Waals surface area contributed by atoms with Crippen molar-refractivity contribution in [2.75, 3.05) is 0 Å². The van der Waals surface area contributed by atoms with Gasteiger partial charge in [0, 0.05) is 12.6 Å². The number of aromatic nitrogens is 3. The number of pyridine rings is 1. The number of aliphatic carboxylic acids is 1. The molecule has 0 fully saturated rings. The lowest BCUT2D eigenvalue weighted by Crippen LogP contribution is -1.99. The van der Waals surface area contributed by atoms with E-state index in [2.05, 4.69) is 10.1 Å². The van der Waals surface area contributed by atoms with Crippen molar-refractivity contribution in [2.24, 2.45) is 0 Å². The lowest BCUT2D eigenvalue weighted by molar-refractivity contribution is -0.137. The van der Waals surface area contributed by atoms with Crippen LogP contribution in [0.2, 0.25) is 5.02 Å². The van der Waals surface area contributed by atoms with E-state index in [4.69, 9.17) is 16.7 Å². The second-order valence-electron chi connectivity index (χ2n) is 3.07. The normalized spacial score (nSPS) is 10.7. The minimum Gasteiger partial charge on any atom is -0.481 e. The molecule has 0 atom stereocenters. The summed E-state index contributed by atoms with van der Waals surface area (Å²) in [6.45, 7) is 0. The Bertz CT molecular complexity index is 509. The highest BCUT2D eigenvalue weighted by molar-refractivity contribution is 6.30. The Morgan fingerprint density at radius 2 is 2.33 bits per heavy atom. The molecule has 2 aromatic heterocycles. The number of carboxylic acid groups (broad SMARTS) is 1. The number of fused-ring (bicyclic) bond motifs is 1. The zero-order valence-electron chi connectivity index (χ0n) is 7.72. The molecule has 0 saturated heterocycles. The molecular weight excluding hydrogens is 218 g/mol. The third-order valence-corrected chi connectivity index (χ3v) is 2.12. The Labute approximate surface area is 90.3 Å². The largest absolute Gasteiger partial charge is 0.481 e. The van der Waals surface area contributed by atoms with E-state index in [1.807, 2.05) is 0 Å². The van der Waals surface area contributed by atoms with Crippen LogP contribution < -0.4 is 0 Å². The molecule has 0 aromatic carbocycles. The summed E-state index contributed by atoms with van der Waals surface area (Å²) in [6, 6.07) is 3.45. The number of carbonyl (C=O) groups is 1. The highest BCUT2D eigenvalue weighted by Crippen LogP contribution is 2.10. The molecule has 6 heteroatoms. The topological polar surface area (TPSA) is 67.5 Å². The molecule has 15 heavy (non-hydrogen) atoms. The summed E-state index contributed by atoms with van der Waals surface area (Å²) in [6.07, 6.45) is 1.99. The molecule has 1 N–H and O–H groups in total. The molecule has 0 aliphatic rings. The lowest BCUT2D eigenvalue weighted by Gasteiger charge is -1.90. The summed E-state index contributed by atoms with van der Waals surface area (Å²) in [5.41, 5.74) is 0.666. The van der Waals surface area contributed by atoms with E-state index < -0.39 is 5.97 Å². The third kappa shape index (κ3) is 2.24. The van der Waals surface area contributed by atoms with Crippen molar-refractivity contribution in [3.05, 3.63) is 29.2 Å².